The van der Waals surface area contributed by atoms with Gasteiger partial charge in [0.25, 0.3) is 0 Å². The number of anilines is 1. The molecule has 3 N–H and O–H groups in total. The third-order valence-corrected chi connectivity index (χ3v) is 3.15. The van der Waals surface area contributed by atoms with Gasteiger partial charge in [0.15, 0.2) is 0 Å². The van der Waals surface area contributed by atoms with Crippen LogP contribution < -0.4 is 15.8 Å². The van der Waals surface area contributed by atoms with Gasteiger partial charge in [-0.05, 0) is 48.9 Å². The summed E-state index contributed by atoms with van der Waals surface area (Å²) in [5.74, 6) is 1.42. The minimum Gasteiger partial charge on any atom is -0.497 e. The highest BCUT2D eigenvalue weighted by Gasteiger charge is 2.10. The van der Waals surface area contributed by atoms with Crippen molar-refractivity contribution >= 4 is 5.82 Å². The second-order valence-electron chi connectivity index (χ2n) is 4.41. The number of aromatic nitrogens is 1. The average molecular weight is 257 g/mol. The van der Waals surface area contributed by atoms with E-state index in [-0.39, 0.29) is 6.04 Å². The van der Waals surface area contributed by atoms with Crippen LogP contribution in [0.1, 0.15) is 17.2 Å². The molecule has 0 radical (unpaired) electrons. The van der Waals surface area contributed by atoms with Gasteiger partial charge in [-0.2, -0.15) is 0 Å². The fourth-order valence-corrected chi connectivity index (χ4v) is 2.08. The van der Waals surface area contributed by atoms with E-state index in [1.807, 2.05) is 31.3 Å². The molecule has 0 aliphatic rings. The molecule has 0 bridgehead atoms. The van der Waals surface area contributed by atoms with Gasteiger partial charge in [-0.1, -0.05) is 12.1 Å². The molecule has 19 heavy (non-hydrogen) atoms. The van der Waals surface area contributed by atoms with Crippen molar-refractivity contribution in [3.05, 3.63) is 53.7 Å². The second-order valence-corrected chi connectivity index (χ2v) is 4.41. The van der Waals surface area contributed by atoms with E-state index in [0.29, 0.717) is 5.82 Å². The molecule has 0 saturated carbocycles. The van der Waals surface area contributed by atoms with Gasteiger partial charge in [0.1, 0.15) is 11.6 Å². The van der Waals surface area contributed by atoms with Crippen LogP contribution >= 0.6 is 0 Å². The summed E-state index contributed by atoms with van der Waals surface area (Å²) < 4.78 is 5.17. The van der Waals surface area contributed by atoms with Crippen LogP contribution in [0.3, 0.4) is 0 Å². The molecular weight excluding hydrogens is 238 g/mol. The maximum Gasteiger partial charge on any atom is 0.123 e. The molecule has 2 aromatic rings. The fraction of sp³-hybridized carbons (Fsp3) is 0.267. The van der Waals surface area contributed by atoms with E-state index in [9.17, 15) is 0 Å². The van der Waals surface area contributed by atoms with Crippen molar-refractivity contribution < 1.29 is 4.74 Å². The zero-order chi connectivity index (χ0) is 13.7. The highest BCUT2D eigenvalue weighted by Crippen LogP contribution is 2.21. The van der Waals surface area contributed by atoms with E-state index in [4.69, 9.17) is 10.5 Å². The second kappa shape index (κ2) is 6.20. The molecule has 1 aromatic heterocycles. The topological polar surface area (TPSA) is 60.2 Å². The van der Waals surface area contributed by atoms with E-state index in [0.717, 1.165) is 12.2 Å². The standard InChI is InChI=1S/C15H19N3O/c1-17-14(9-11-7-8-18-15(16)10-11)12-3-5-13(19-2)6-4-12/h3-8,10,14,17H,9H2,1-2H3,(H2,16,18). The number of nitrogens with two attached hydrogens (primary N) is 1. The highest BCUT2D eigenvalue weighted by atomic mass is 16.5. The van der Waals surface area contributed by atoms with Crippen LogP contribution in [0.2, 0.25) is 0 Å². The first-order valence-electron chi connectivity index (χ1n) is 6.24. The quantitative estimate of drug-likeness (QED) is 0.862. The Bertz CT molecular complexity index is 525. The molecule has 0 aliphatic carbocycles. The Hall–Kier alpha value is -2.07. The summed E-state index contributed by atoms with van der Waals surface area (Å²) >= 11 is 0. The zero-order valence-corrected chi connectivity index (χ0v) is 11.3. The van der Waals surface area contributed by atoms with Gasteiger partial charge in [0.05, 0.1) is 7.11 Å². The molecule has 2 rings (SSSR count). The normalized spacial score (nSPS) is 12.1. The van der Waals surface area contributed by atoms with Crippen molar-refractivity contribution in [2.45, 2.75) is 12.5 Å². The van der Waals surface area contributed by atoms with Crippen molar-refractivity contribution in [3.63, 3.8) is 0 Å². The Labute approximate surface area is 113 Å². The van der Waals surface area contributed by atoms with Crippen molar-refractivity contribution in [2.75, 3.05) is 19.9 Å². The molecule has 0 aliphatic heterocycles. The number of rotatable bonds is 5. The first-order valence-corrected chi connectivity index (χ1v) is 6.24. The molecule has 4 heteroatoms. The SMILES string of the molecule is CNC(Cc1ccnc(N)c1)c1ccc(OC)cc1. The number of nitrogens with zero attached hydrogens (tertiary/aromatic N) is 1. The number of methoxy groups -OCH3 is 1. The molecule has 1 atom stereocenters. The third kappa shape index (κ3) is 3.45. The van der Waals surface area contributed by atoms with Crippen LogP contribution in [-0.4, -0.2) is 19.1 Å². The van der Waals surface area contributed by atoms with Gasteiger partial charge in [-0.25, -0.2) is 4.98 Å². The van der Waals surface area contributed by atoms with Crippen LogP contribution in [-0.2, 0) is 6.42 Å². The summed E-state index contributed by atoms with van der Waals surface area (Å²) in [6.45, 7) is 0. The number of likely N-dealkylation sites (N-methyl/N-ethyl adjacent to an activating group) is 1. The number of pyridine rings is 1. The van der Waals surface area contributed by atoms with E-state index in [2.05, 4.69) is 22.4 Å². The molecule has 1 heterocycles. The lowest BCUT2D eigenvalue weighted by atomic mass is 9.99. The molecule has 0 spiro atoms. The minimum atomic E-state index is 0.243. The van der Waals surface area contributed by atoms with Crippen molar-refractivity contribution in [1.29, 1.82) is 0 Å². The van der Waals surface area contributed by atoms with Crippen LogP contribution in [0, 0.1) is 0 Å². The van der Waals surface area contributed by atoms with Gasteiger partial charge in [-0.3, -0.25) is 0 Å². The monoisotopic (exact) mass is 257 g/mol. The Morgan fingerprint density at radius 2 is 2.00 bits per heavy atom. The zero-order valence-electron chi connectivity index (χ0n) is 11.3. The summed E-state index contributed by atoms with van der Waals surface area (Å²) in [6.07, 6.45) is 2.61. The van der Waals surface area contributed by atoms with Crippen LogP contribution in [0.5, 0.6) is 5.75 Å². The molecule has 4 nitrogen and oxygen atoms in total. The Balaban J connectivity index is 2.15. The van der Waals surface area contributed by atoms with Crippen molar-refractivity contribution in [2.24, 2.45) is 0 Å². The number of nitrogens with one attached hydrogen (secondary N) is 1. The number of nitrogen functional groups attached to an aromatic ring is 1. The number of hydrogen-bond acceptors (Lipinski definition) is 4. The first-order chi connectivity index (χ1) is 9.22. The van der Waals surface area contributed by atoms with E-state index >= 15 is 0 Å². The molecule has 0 amide bonds. The molecule has 1 aromatic carbocycles. The van der Waals surface area contributed by atoms with Gasteiger partial charge in [0.2, 0.25) is 0 Å². The summed E-state index contributed by atoms with van der Waals surface area (Å²) in [7, 11) is 3.63. The van der Waals surface area contributed by atoms with E-state index in [1.165, 1.54) is 11.1 Å². The van der Waals surface area contributed by atoms with E-state index in [1.54, 1.807) is 13.3 Å². The molecule has 100 valence electrons. The smallest absolute Gasteiger partial charge is 0.123 e. The van der Waals surface area contributed by atoms with Crippen molar-refractivity contribution in [3.8, 4) is 5.75 Å². The Kier molecular flexibility index (Phi) is 4.36. The molecule has 1 unspecified atom stereocenters. The highest BCUT2D eigenvalue weighted by molar-refractivity contribution is 5.34. The molecule has 0 saturated heterocycles. The fourth-order valence-electron chi connectivity index (χ4n) is 2.08. The maximum absolute atomic E-state index is 5.70. The van der Waals surface area contributed by atoms with Crippen LogP contribution in [0.15, 0.2) is 42.6 Å². The number of hydrogen-bond donors (Lipinski definition) is 2. The van der Waals surface area contributed by atoms with Crippen LogP contribution in [0.4, 0.5) is 5.82 Å². The number of benzene rings is 1. The average Bonchev–Trinajstić information content (AvgIpc) is 2.45. The largest absolute Gasteiger partial charge is 0.497 e. The number of ether oxygens (including phenoxy) is 1. The van der Waals surface area contributed by atoms with Gasteiger partial charge < -0.3 is 15.8 Å². The van der Waals surface area contributed by atoms with Crippen molar-refractivity contribution in [1.82, 2.24) is 10.3 Å². The van der Waals surface area contributed by atoms with Gasteiger partial charge in [-0.15, -0.1) is 0 Å². The minimum absolute atomic E-state index is 0.243. The predicted octanol–water partition coefficient (Wildman–Crippen LogP) is 2.18. The Morgan fingerprint density at radius 1 is 1.26 bits per heavy atom. The molecular formula is C15H19N3O. The summed E-state index contributed by atoms with van der Waals surface area (Å²) in [5, 5.41) is 3.32. The van der Waals surface area contributed by atoms with Crippen LogP contribution in [0.25, 0.3) is 0 Å². The first kappa shape index (κ1) is 13.4. The summed E-state index contributed by atoms with van der Waals surface area (Å²) in [6, 6.07) is 12.2. The van der Waals surface area contributed by atoms with Gasteiger partial charge >= 0.3 is 0 Å². The third-order valence-electron chi connectivity index (χ3n) is 3.15. The Morgan fingerprint density at radius 3 is 2.58 bits per heavy atom. The summed E-state index contributed by atoms with van der Waals surface area (Å²) in [5.41, 5.74) is 8.09. The predicted molar refractivity (Wildman–Crippen MR) is 77.1 cm³/mol. The molecule has 0 fully saturated rings. The lowest BCUT2D eigenvalue weighted by Crippen LogP contribution is -2.18. The van der Waals surface area contributed by atoms with E-state index < -0.39 is 0 Å². The van der Waals surface area contributed by atoms with Gasteiger partial charge in [0, 0.05) is 12.2 Å². The lowest BCUT2D eigenvalue weighted by Gasteiger charge is -2.17. The summed E-state index contributed by atoms with van der Waals surface area (Å²) in [4.78, 5) is 4.01. The lowest BCUT2D eigenvalue weighted by molar-refractivity contribution is 0.414. The maximum atomic E-state index is 5.70.